The summed E-state index contributed by atoms with van der Waals surface area (Å²) in [6.45, 7) is 1.91. The van der Waals surface area contributed by atoms with E-state index in [1.165, 1.54) is 6.20 Å². The molecule has 0 aliphatic carbocycles. The fourth-order valence-electron chi connectivity index (χ4n) is 0.994. The van der Waals surface area contributed by atoms with Crippen LogP contribution in [0.3, 0.4) is 0 Å². The summed E-state index contributed by atoms with van der Waals surface area (Å²) in [5.41, 5.74) is 0.454. The third-order valence-corrected chi connectivity index (χ3v) is 1.57. The molecule has 0 radical (unpaired) electrons. The van der Waals surface area contributed by atoms with E-state index in [0.29, 0.717) is 5.46 Å². The molecule has 0 aliphatic rings. The van der Waals surface area contributed by atoms with Crippen molar-refractivity contribution in [3.05, 3.63) is 23.8 Å². The summed E-state index contributed by atoms with van der Waals surface area (Å²) < 4.78 is 17.7. The molecule has 3 nitrogen and oxygen atoms in total. The number of nitrogens with zero attached hydrogens (tertiary/aromatic N) is 1. The summed E-state index contributed by atoms with van der Waals surface area (Å²) in [6, 6.07) is 0. The molecule has 0 unspecified atom stereocenters. The predicted octanol–water partition coefficient (Wildman–Crippen LogP) is -0.344. The first-order valence-electron chi connectivity index (χ1n) is 3.94. The highest BCUT2D eigenvalue weighted by molar-refractivity contribution is 6.36. The third kappa shape index (κ3) is 2.05. The van der Waals surface area contributed by atoms with E-state index < -0.39 is 11.8 Å². The van der Waals surface area contributed by atoms with E-state index in [4.69, 9.17) is 0 Å². The molecular formula is C8H9BFNO2. The molecule has 0 bridgehead atoms. The van der Waals surface area contributed by atoms with Crippen LogP contribution < -0.4 is 5.46 Å². The van der Waals surface area contributed by atoms with Crippen molar-refractivity contribution in [1.29, 1.82) is 0 Å². The van der Waals surface area contributed by atoms with Crippen molar-refractivity contribution in [3.63, 3.8) is 0 Å². The minimum Gasteiger partial charge on any atom is -0.462 e. The number of rotatable bonds is 2. The number of pyridine rings is 1. The first-order chi connectivity index (χ1) is 6.16. The van der Waals surface area contributed by atoms with Crippen LogP contribution in [0.25, 0.3) is 0 Å². The Morgan fingerprint density at radius 3 is 2.92 bits per heavy atom. The smallest absolute Gasteiger partial charge is 0.340 e. The SMILES string of the molecule is Bc1cncc(F)c1C(=O)OCC. The van der Waals surface area contributed by atoms with Crippen molar-refractivity contribution in [2.45, 2.75) is 6.92 Å². The molecule has 1 aromatic rings. The van der Waals surface area contributed by atoms with Crippen LogP contribution in [0, 0.1) is 5.82 Å². The lowest BCUT2D eigenvalue weighted by Crippen LogP contribution is -2.21. The zero-order valence-corrected chi connectivity index (χ0v) is 7.50. The molecular weight excluding hydrogens is 172 g/mol. The van der Waals surface area contributed by atoms with E-state index in [-0.39, 0.29) is 12.2 Å². The lowest BCUT2D eigenvalue weighted by atomic mass is 9.92. The minimum absolute atomic E-state index is 0.0307. The highest BCUT2D eigenvalue weighted by Crippen LogP contribution is 2.03. The fraction of sp³-hybridized carbons (Fsp3) is 0.250. The molecule has 13 heavy (non-hydrogen) atoms. The number of ether oxygens (including phenoxy) is 1. The van der Waals surface area contributed by atoms with E-state index in [1.807, 2.05) is 0 Å². The molecule has 1 heterocycles. The predicted molar refractivity (Wildman–Crippen MR) is 48.3 cm³/mol. The zero-order valence-electron chi connectivity index (χ0n) is 7.50. The average Bonchev–Trinajstić information content (AvgIpc) is 2.04. The van der Waals surface area contributed by atoms with E-state index in [9.17, 15) is 9.18 Å². The average molecular weight is 181 g/mol. The van der Waals surface area contributed by atoms with Crippen LogP contribution in [0.1, 0.15) is 17.3 Å². The molecule has 0 N–H and O–H groups in total. The summed E-state index contributed by atoms with van der Waals surface area (Å²) in [7, 11) is 1.61. The van der Waals surface area contributed by atoms with Crippen molar-refractivity contribution in [1.82, 2.24) is 4.98 Å². The molecule has 0 saturated carbocycles. The van der Waals surface area contributed by atoms with Gasteiger partial charge in [0.25, 0.3) is 0 Å². The molecule has 1 rings (SSSR count). The van der Waals surface area contributed by atoms with Gasteiger partial charge >= 0.3 is 5.97 Å². The summed E-state index contributed by atoms with van der Waals surface area (Å²) in [4.78, 5) is 14.8. The Bertz CT molecular complexity index is 310. The van der Waals surface area contributed by atoms with Gasteiger partial charge in [0.05, 0.1) is 18.4 Å². The summed E-state index contributed by atoms with van der Waals surface area (Å²) in [5, 5.41) is 0. The normalized spacial score (nSPS) is 9.69. The van der Waals surface area contributed by atoms with Crippen molar-refractivity contribution < 1.29 is 13.9 Å². The summed E-state index contributed by atoms with van der Waals surface area (Å²) in [5.74, 6) is -1.28. The second-order valence-electron chi connectivity index (χ2n) is 2.53. The number of halogens is 1. The van der Waals surface area contributed by atoms with Gasteiger partial charge in [-0.2, -0.15) is 0 Å². The van der Waals surface area contributed by atoms with Crippen LogP contribution in [-0.2, 0) is 4.74 Å². The molecule has 0 saturated heterocycles. The molecule has 0 fully saturated rings. The van der Waals surface area contributed by atoms with Crippen LogP contribution in [0.4, 0.5) is 4.39 Å². The molecule has 0 aromatic carbocycles. The third-order valence-electron chi connectivity index (χ3n) is 1.57. The van der Waals surface area contributed by atoms with Gasteiger partial charge in [-0.1, -0.05) is 5.46 Å². The van der Waals surface area contributed by atoms with Crippen molar-refractivity contribution in [3.8, 4) is 0 Å². The van der Waals surface area contributed by atoms with Crippen LogP contribution in [0.2, 0.25) is 0 Å². The Kier molecular flexibility index (Phi) is 3.00. The highest BCUT2D eigenvalue weighted by atomic mass is 19.1. The Morgan fingerprint density at radius 2 is 2.38 bits per heavy atom. The number of carbonyl (C=O) groups is 1. The van der Waals surface area contributed by atoms with Gasteiger partial charge in [-0.15, -0.1) is 0 Å². The van der Waals surface area contributed by atoms with Crippen molar-refractivity contribution in [2.75, 3.05) is 6.61 Å². The fourth-order valence-corrected chi connectivity index (χ4v) is 0.994. The monoisotopic (exact) mass is 181 g/mol. The Balaban J connectivity index is 3.05. The number of carbonyl (C=O) groups excluding carboxylic acids is 1. The van der Waals surface area contributed by atoms with E-state index in [2.05, 4.69) is 9.72 Å². The number of aromatic nitrogens is 1. The highest BCUT2D eigenvalue weighted by Gasteiger charge is 2.15. The maximum atomic E-state index is 13.1. The number of hydrogen-bond donors (Lipinski definition) is 0. The van der Waals surface area contributed by atoms with Crippen LogP contribution in [0.15, 0.2) is 12.4 Å². The second kappa shape index (κ2) is 4.02. The first kappa shape index (κ1) is 9.70. The van der Waals surface area contributed by atoms with Gasteiger partial charge in [-0.05, 0) is 6.92 Å². The molecule has 68 valence electrons. The molecule has 0 spiro atoms. The lowest BCUT2D eigenvalue weighted by Gasteiger charge is -2.05. The van der Waals surface area contributed by atoms with Gasteiger partial charge in [-0.3, -0.25) is 4.98 Å². The topological polar surface area (TPSA) is 39.2 Å². The molecule has 1 aromatic heterocycles. The van der Waals surface area contributed by atoms with Gasteiger partial charge in [-0.25, -0.2) is 9.18 Å². The van der Waals surface area contributed by atoms with Crippen LogP contribution >= 0.6 is 0 Å². The molecule has 5 heteroatoms. The Hall–Kier alpha value is -1.39. The Morgan fingerprint density at radius 1 is 1.69 bits per heavy atom. The summed E-state index contributed by atoms with van der Waals surface area (Å²) in [6.07, 6.45) is 2.43. The lowest BCUT2D eigenvalue weighted by molar-refractivity contribution is 0.0522. The maximum absolute atomic E-state index is 13.1. The molecule has 0 aliphatic heterocycles. The Labute approximate surface area is 76.3 Å². The summed E-state index contributed by atoms with van der Waals surface area (Å²) >= 11 is 0. The second-order valence-corrected chi connectivity index (χ2v) is 2.53. The molecule has 0 amide bonds. The van der Waals surface area contributed by atoms with Gasteiger partial charge in [0, 0.05) is 6.20 Å². The van der Waals surface area contributed by atoms with E-state index >= 15 is 0 Å². The van der Waals surface area contributed by atoms with Gasteiger partial charge in [0.15, 0.2) is 5.82 Å². The maximum Gasteiger partial charge on any atom is 0.340 e. The first-order valence-corrected chi connectivity index (χ1v) is 3.94. The van der Waals surface area contributed by atoms with Crippen molar-refractivity contribution in [2.24, 2.45) is 0 Å². The van der Waals surface area contributed by atoms with E-state index in [0.717, 1.165) is 6.20 Å². The largest absolute Gasteiger partial charge is 0.462 e. The minimum atomic E-state index is -0.640. The number of hydrogen-bond acceptors (Lipinski definition) is 3. The molecule has 0 atom stereocenters. The van der Waals surface area contributed by atoms with Gasteiger partial charge < -0.3 is 4.74 Å². The van der Waals surface area contributed by atoms with Crippen LogP contribution in [-0.4, -0.2) is 25.4 Å². The van der Waals surface area contributed by atoms with Gasteiger partial charge in [0.1, 0.15) is 7.85 Å². The van der Waals surface area contributed by atoms with Gasteiger partial charge in [0.2, 0.25) is 0 Å². The van der Waals surface area contributed by atoms with Crippen LogP contribution in [0.5, 0.6) is 0 Å². The number of esters is 1. The van der Waals surface area contributed by atoms with Crippen molar-refractivity contribution >= 4 is 19.3 Å². The standard InChI is InChI=1S/C8H9BFNO2/c1-2-13-8(12)7-5(9)3-11-4-6(7)10/h3-4H,2,9H2,1H3. The van der Waals surface area contributed by atoms with E-state index in [1.54, 1.807) is 14.8 Å². The zero-order chi connectivity index (χ0) is 9.84. The quantitative estimate of drug-likeness (QED) is 0.462.